The van der Waals surface area contributed by atoms with Crippen molar-refractivity contribution in [1.29, 1.82) is 0 Å². The van der Waals surface area contributed by atoms with Crippen LogP contribution in [-0.2, 0) is 0 Å². The molecule has 2 heteroatoms. The van der Waals surface area contributed by atoms with Crippen LogP contribution >= 0.6 is 0 Å². The fourth-order valence-electron chi connectivity index (χ4n) is 1.69. The molecule has 0 spiro atoms. The number of hydrogen-bond donors (Lipinski definition) is 1. The number of rotatable bonds is 6. The van der Waals surface area contributed by atoms with Crippen molar-refractivity contribution in [2.45, 2.75) is 46.6 Å². The van der Waals surface area contributed by atoms with E-state index in [0.29, 0.717) is 6.04 Å². The van der Waals surface area contributed by atoms with E-state index < -0.39 is 0 Å². The van der Waals surface area contributed by atoms with Gasteiger partial charge in [0.2, 0.25) is 0 Å². The fourth-order valence-corrected chi connectivity index (χ4v) is 1.69. The average Bonchev–Trinajstić information content (AvgIpc) is 2.86. The van der Waals surface area contributed by atoms with Gasteiger partial charge in [-0.25, -0.2) is 0 Å². The molecule has 1 saturated carbocycles. The molecule has 1 rings (SSSR count). The Kier molecular flexibility index (Phi) is 3.96. The highest BCUT2D eigenvalue weighted by atomic mass is 16.3. The molecule has 14 heavy (non-hydrogen) atoms. The van der Waals surface area contributed by atoms with Crippen LogP contribution in [0.3, 0.4) is 0 Å². The van der Waals surface area contributed by atoms with Crippen molar-refractivity contribution in [3.63, 3.8) is 0 Å². The second kappa shape index (κ2) is 4.63. The molecule has 1 N–H and O–H groups in total. The van der Waals surface area contributed by atoms with Crippen LogP contribution in [0.2, 0.25) is 0 Å². The smallest absolute Gasteiger partial charge is 0.0494 e. The van der Waals surface area contributed by atoms with Crippen LogP contribution in [0, 0.1) is 11.3 Å². The van der Waals surface area contributed by atoms with Crippen molar-refractivity contribution in [3.8, 4) is 0 Å². The molecule has 0 unspecified atom stereocenters. The first-order valence-corrected chi connectivity index (χ1v) is 5.79. The van der Waals surface area contributed by atoms with Gasteiger partial charge >= 0.3 is 0 Å². The lowest BCUT2D eigenvalue weighted by atomic mass is 9.93. The van der Waals surface area contributed by atoms with E-state index in [9.17, 15) is 5.11 Å². The van der Waals surface area contributed by atoms with E-state index in [1.54, 1.807) is 0 Å². The summed E-state index contributed by atoms with van der Waals surface area (Å²) in [6.07, 6.45) is 2.81. The summed E-state index contributed by atoms with van der Waals surface area (Å²) in [6, 6.07) is 0.599. The third kappa shape index (κ3) is 3.97. The van der Waals surface area contributed by atoms with Crippen molar-refractivity contribution >= 4 is 0 Å². The predicted octanol–water partition coefficient (Wildman–Crippen LogP) is 2.13. The topological polar surface area (TPSA) is 23.5 Å². The Bertz CT molecular complexity index is 173. The SMILES string of the molecule is CC(C)N(CC1CC1)CC(C)(C)CO. The van der Waals surface area contributed by atoms with E-state index in [1.165, 1.54) is 19.4 Å². The molecule has 2 nitrogen and oxygen atoms in total. The highest BCUT2D eigenvalue weighted by molar-refractivity contribution is 4.82. The van der Waals surface area contributed by atoms with Gasteiger partial charge in [0.15, 0.2) is 0 Å². The second-order valence-electron chi connectivity index (χ2n) is 5.79. The molecule has 0 aromatic heterocycles. The molecule has 0 atom stereocenters. The molecule has 1 fully saturated rings. The summed E-state index contributed by atoms with van der Waals surface area (Å²) in [7, 11) is 0. The van der Waals surface area contributed by atoms with Crippen molar-refractivity contribution in [2.24, 2.45) is 11.3 Å². The lowest BCUT2D eigenvalue weighted by Gasteiger charge is -2.34. The van der Waals surface area contributed by atoms with Crippen LogP contribution in [0.1, 0.15) is 40.5 Å². The summed E-state index contributed by atoms with van der Waals surface area (Å²) >= 11 is 0. The maximum Gasteiger partial charge on any atom is 0.0494 e. The molecule has 0 heterocycles. The first-order chi connectivity index (χ1) is 6.44. The summed E-state index contributed by atoms with van der Waals surface area (Å²) in [6.45, 7) is 11.3. The zero-order valence-electron chi connectivity index (χ0n) is 10.1. The minimum atomic E-state index is 0.0408. The van der Waals surface area contributed by atoms with E-state index in [1.807, 2.05) is 0 Å². The van der Waals surface area contributed by atoms with E-state index in [0.717, 1.165) is 12.5 Å². The third-order valence-electron chi connectivity index (χ3n) is 2.98. The molecule has 0 aliphatic heterocycles. The first kappa shape index (κ1) is 12.0. The van der Waals surface area contributed by atoms with Gasteiger partial charge in [0.1, 0.15) is 0 Å². The second-order valence-corrected chi connectivity index (χ2v) is 5.79. The van der Waals surface area contributed by atoms with E-state index in [2.05, 4.69) is 32.6 Å². The van der Waals surface area contributed by atoms with Gasteiger partial charge in [0.05, 0.1) is 0 Å². The Hall–Kier alpha value is -0.0800. The Morgan fingerprint density at radius 1 is 1.36 bits per heavy atom. The van der Waals surface area contributed by atoms with E-state index in [-0.39, 0.29) is 12.0 Å². The van der Waals surface area contributed by atoms with Crippen molar-refractivity contribution in [1.82, 2.24) is 4.90 Å². The van der Waals surface area contributed by atoms with Crippen molar-refractivity contribution < 1.29 is 5.11 Å². The largest absolute Gasteiger partial charge is 0.396 e. The van der Waals surface area contributed by atoms with Gasteiger partial charge in [-0.05, 0) is 32.6 Å². The summed E-state index contributed by atoms with van der Waals surface area (Å²) in [5.74, 6) is 0.937. The standard InChI is InChI=1S/C12H25NO/c1-10(2)13(7-11-5-6-11)8-12(3,4)9-14/h10-11,14H,5-9H2,1-4H3. The number of hydrogen-bond acceptors (Lipinski definition) is 2. The average molecular weight is 199 g/mol. The normalized spacial score (nSPS) is 18.2. The maximum atomic E-state index is 9.25. The maximum absolute atomic E-state index is 9.25. The monoisotopic (exact) mass is 199 g/mol. The van der Waals surface area contributed by atoms with Crippen LogP contribution in [0.25, 0.3) is 0 Å². The van der Waals surface area contributed by atoms with Crippen LogP contribution in [0.15, 0.2) is 0 Å². The number of nitrogens with zero attached hydrogens (tertiary/aromatic N) is 1. The predicted molar refractivity (Wildman–Crippen MR) is 60.3 cm³/mol. The molecule has 0 bridgehead atoms. The third-order valence-corrected chi connectivity index (χ3v) is 2.98. The zero-order valence-corrected chi connectivity index (χ0v) is 10.1. The highest BCUT2D eigenvalue weighted by Gasteiger charge is 2.28. The van der Waals surface area contributed by atoms with E-state index >= 15 is 0 Å². The number of aliphatic hydroxyl groups excluding tert-OH is 1. The minimum absolute atomic E-state index is 0.0408. The molecule has 0 radical (unpaired) electrons. The summed E-state index contributed by atoms with van der Waals surface area (Å²) in [4.78, 5) is 2.51. The molecule has 84 valence electrons. The number of aliphatic hydroxyl groups is 1. The summed E-state index contributed by atoms with van der Waals surface area (Å²) in [5, 5.41) is 9.25. The molecule has 1 aliphatic rings. The lowest BCUT2D eigenvalue weighted by Crippen LogP contribution is -2.41. The van der Waals surface area contributed by atoms with E-state index in [4.69, 9.17) is 0 Å². The Labute approximate surface area is 88.3 Å². The molecule has 0 aromatic rings. The molecular formula is C12H25NO. The van der Waals surface area contributed by atoms with Gasteiger partial charge in [0.25, 0.3) is 0 Å². The van der Waals surface area contributed by atoms with Gasteiger partial charge in [-0.3, -0.25) is 0 Å². The molecule has 0 saturated heterocycles. The minimum Gasteiger partial charge on any atom is -0.396 e. The molecule has 1 aliphatic carbocycles. The van der Waals surface area contributed by atoms with Gasteiger partial charge in [0, 0.05) is 31.2 Å². The molecule has 0 aromatic carbocycles. The van der Waals surface area contributed by atoms with Crippen LogP contribution in [0.5, 0.6) is 0 Å². The zero-order chi connectivity index (χ0) is 10.8. The summed E-state index contributed by atoms with van der Waals surface area (Å²) < 4.78 is 0. The quantitative estimate of drug-likeness (QED) is 0.708. The van der Waals surface area contributed by atoms with Crippen LogP contribution in [0.4, 0.5) is 0 Å². The van der Waals surface area contributed by atoms with Crippen molar-refractivity contribution in [2.75, 3.05) is 19.7 Å². The van der Waals surface area contributed by atoms with Crippen LogP contribution in [-0.4, -0.2) is 35.7 Å². The van der Waals surface area contributed by atoms with Crippen molar-refractivity contribution in [3.05, 3.63) is 0 Å². The van der Waals surface area contributed by atoms with Gasteiger partial charge in [-0.15, -0.1) is 0 Å². The molecular weight excluding hydrogens is 174 g/mol. The lowest BCUT2D eigenvalue weighted by molar-refractivity contribution is 0.0838. The van der Waals surface area contributed by atoms with Crippen LogP contribution < -0.4 is 0 Å². The summed E-state index contributed by atoms with van der Waals surface area (Å²) in [5.41, 5.74) is 0.0408. The Morgan fingerprint density at radius 3 is 2.29 bits per heavy atom. The molecule has 0 amide bonds. The first-order valence-electron chi connectivity index (χ1n) is 5.79. The Balaban J connectivity index is 2.41. The Morgan fingerprint density at radius 2 is 1.93 bits per heavy atom. The fraction of sp³-hybridized carbons (Fsp3) is 1.00. The van der Waals surface area contributed by atoms with Gasteiger partial charge < -0.3 is 10.0 Å². The highest BCUT2D eigenvalue weighted by Crippen LogP contribution is 2.31. The van der Waals surface area contributed by atoms with Gasteiger partial charge in [-0.2, -0.15) is 0 Å². The van der Waals surface area contributed by atoms with Gasteiger partial charge in [-0.1, -0.05) is 13.8 Å².